The normalized spacial score (nSPS) is 11.8. The molecule has 0 saturated carbocycles. The third-order valence-corrected chi connectivity index (χ3v) is 5.87. The molecule has 8 heteroatoms. The number of amides is 1. The molecule has 1 N–H and O–H groups in total. The van der Waals surface area contributed by atoms with E-state index in [0.29, 0.717) is 13.2 Å². The van der Waals surface area contributed by atoms with E-state index in [0.717, 1.165) is 31.4 Å². The van der Waals surface area contributed by atoms with E-state index in [1.165, 1.54) is 10.4 Å². The highest BCUT2D eigenvalue weighted by molar-refractivity contribution is 7.89. The molecular formula is C21H30N2O4S2. The van der Waals surface area contributed by atoms with Crippen molar-refractivity contribution in [2.24, 2.45) is 0 Å². The van der Waals surface area contributed by atoms with Crippen LogP contribution in [0, 0.1) is 0 Å². The Labute approximate surface area is 177 Å². The molecule has 0 saturated heterocycles. The quantitative estimate of drug-likeness (QED) is 0.515. The average Bonchev–Trinajstić information content (AvgIpc) is 3.13. The lowest BCUT2D eigenvalue weighted by molar-refractivity contribution is -0.119. The zero-order valence-corrected chi connectivity index (χ0v) is 18.9. The Kier molecular flexibility index (Phi) is 9.13. The van der Waals surface area contributed by atoms with Gasteiger partial charge in [-0.3, -0.25) is 9.52 Å². The molecule has 0 atom stereocenters. The summed E-state index contributed by atoms with van der Waals surface area (Å²) in [6.45, 7) is 5.99. The maximum absolute atomic E-state index is 11.7. The van der Waals surface area contributed by atoms with Gasteiger partial charge in [-0.25, -0.2) is 8.42 Å². The first-order valence-electron chi connectivity index (χ1n) is 9.72. The average molecular weight is 439 g/mol. The summed E-state index contributed by atoms with van der Waals surface area (Å²) in [7, 11) is -3.50. The van der Waals surface area contributed by atoms with Gasteiger partial charge in [-0.15, -0.1) is 11.3 Å². The minimum Gasteiger partial charge on any atom is -0.494 e. The number of nitrogens with zero attached hydrogens (tertiary/aromatic N) is 1. The predicted octanol–water partition coefficient (Wildman–Crippen LogP) is 3.28. The topological polar surface area (TPSA) is 75.7 Å². The standard InChI is InChI=1S/C21H30N2O4S2/c1-17(2)23(13-11-21(24)22-29(3,25)26)12-5-14-27-19-9-7-18(8-10-19)16-20-6-4-15-28-20/h4,6-10,15,17H,5,11-14,16H2,1-3H3,(H,22,24). The SMILES string of the molecule is CC(C)N(CCCOc1ccc(Cc2cccs2)cc1)CCC(=O)NS(C)(=O)=O. The molecule has 0 bridgehead atoms. The maximum atomic E-state index is 11.7. The lowest BCUT2D eigenvalue weighted by atomic mass is 10.1. The van der Waals surface area contributed by atoms with Crippen molar-refractivity contribution in [1.82, 2.24) is 9.62 Å². The minimum atomic E-state index is -3.50. The molecule has 0 radical (unpaired) electrons. The summed E-state index contributed by atoms with van der Waals surface area (Å²) < 4.78 is 30.0. The van der Waals surface area contributed by atoms with Gasteiger partial charge in [0.05, 0.1) is 12.9 Å². The van der Waals surface area contributed by atoms with E-state index >= 15 is 0 Å². The molecule has 0 aliphatic carbocycles. The molecule has 0 spiro atoms. The van der Waals surface area contributed by atoms with Gasteiger partial charge in [0.15, 0.2) is 0 Å². The van der Waals surface area contributed by atoms with E-state index in [-0.39, 0.29) is 12.5 Å². The summed E-state index contributed by atoms with van der Waals surface area (Å²) in [6, 6.07) is 12.7. The molecule has 1 amide bonds. The molecule has 1 aromatic carbocycles. The van der Waals surface area contributed by atoms with Gasteiger partial charge in [-0.05, 0) is 49.4 Å². The third kappa shape index (κ3) is 9.43. The van der Waals surface area contributed by atoms with Gasteiger partial charge in [0.25, 0.3) is 0 Å². The fourth-order valence-corrected chi connectivity index (χ4v) is 4.16. The molecule has 6 nitrogen and oxygen atoms in total. The van der Waals surface area contributed by atoms with Crippen molar-refractivity contribution in [3.05, 3.63) is 52.2 Å². The van der Waals surface area contributed by atoms with Crippen molar-refractivity contribution in [3.63, 3.8) is 0 Å². The highest BCUT2D eigenvalue weighted by atomic mass is 32.2. The summed E-state index contributed by atoms with van der Waals surface area (Å²) in [5.74, 6) is 0.376. The van der Waals surface area contributed by atoms with E-state index in [1.54, 1.807) is 11.3 Å². The third-order valence-electron chi connectivity index (χ3n) is 4.40. The van der Waals surface area contributed by atoms with Crippen LogP contribution in [0.5, 0.6) is 5.75 Å². The fraction of sp³-hybridized carbons (Fsp3) is 0.476. The molecule has 1 heterocycles. The van der Waals surface area contributed by atoms with Crippen molar-refractivity contribution in [2.75, 3.05) is 26.0 Å². The zero-order valence-electron chi connectivity index (χ0n) is 17.3. The van der Waals surface area contributed by atoms with Crippen LogP contribution >= 0.6 is 11.3 Å². The second kappa shape index (κ2) is 11.3. The highest BCUT2D eigenvalue weighted by Crippen LogP contribution is 2.18. The van der Waals surface area contributed by atoms with Gasteiger partial charge in [0.2, 0.25) is 15.9 Å². The second-order valence-electron chi connectivity index (χ2n) is 7.28. The van der Waals surface area contributed by atoms with Crippen LogP contribution in [0.2, 0.25) is 0 Å². The number of hydrogen-bond donors (Lipinski definition) is 1. The second-order valence-corrected chi connectivity index (χ2v) is 10.1. The van der Waals surface area contributed by atoms with Gasteiger partial charge in [-0.1, -0.05) is 18.2 Å². The number of ether oxygens (including phenoxy) is 1. The van der Waals surface area contributed by atoms with E-state index < -0.39 is 15.9 Å². The van der Waals surface area contributed by atoms with Crippen molar-refractivity contribution in [2.45, 2.75) is 39.2 Å². The smallest absolute Gasteiger partial charge is 0.234 e. The molecule has 0 aliphatic heterocycles. The Bertz CT molecular complexity index is 847. The van der Waals surface area contributed by atoms with Crippen LogP contribution in [0.3, 0.4) is 0 Å². The van der Waals surface area contributed by atoms with Gasteiger partial charge >= 0.3 is 0 Å². The van der Waals surface area contributed by atoms with Crippen LogP contribution in [0.15, 0.2) is 41.8 Å². The van der Waals surface area contributed by atoms with Crippen LogP contribution in [0.4, 0.5) is 0 Å². The lowest BCUT2D eigenvalue weighted by Crippen LogP contribution is -2.37. The Hall–Kier alpha value is -1.90. The molecule has 0 aliphatic rings. The number of thiophene rings is 1. The molecule has 0 fully saturated rings. The highest BCUT2D eigenvalue weighted by Gasteiger charge is 2.13. The molecule has 2 aromatic rings. The first-order chi connectivity index (χ1) is 13.7. The van der Waals surface area contributed by atoms with Crippen LogP contribution in [-0.2, 0) is 21.2 Å². The number of benzene rings is 1. The number of rotatable bonds is 12. The van der Waals surface area contributed by atoms with E-state index in [2.05, 4.69) is 48.4 Å². The number of carbonyl (C=O) groups excluding carboxylic acids is 1. The first-order valence-corrected chi connectivity index (χ1v) is 12.5. The first kappa shape index (κ1) is 23.4. The van der Waals surface area contributed by atoms with Crippen molar-refractivity contribution in [3.8, 4) is 5.75 Å². The van der Waals surface area contributed by atoms with Gasteiger partial charge < -0.3 is 9.64 Å². The Morgan fingerprint density at radius 3 is 2.48 bits per heavy atom. The Balaban J connectivity index is 1.70. The summed E-state index contributed by atoms with van der Waals surface area (Å²) in [5, 5.41) is 2.09. The molecule has 1 aromatic heterocycles. The summed E-state index contributed by atoms with van der Waals surface area (Å²) >= 11 is 1.76. The Morgan fingerprint density at radius 2 is 1.90 bits per heavy atom. The fourth-order valence-electron chi connectivity index (χ4n) is 2.91. The van der Waals surface area contributed by atoms with Crippen molar-refractivity contribution < 1.29 is 17.9 Å². The molecule has 0 unspecified atom stereocenters. The largest absolute Gasteiger partial charge is 0.494 e. The Morgan fingerprint density at radius 1 is 1.17 bits per heavy atom. The van der Waals surface area contributed by atoms with E-state index in [1.807, 2.05) is 16.9 Å². The summed E-state index contributed by atoms with van der Waals surface area (Å²) in [4.78, 5) is 15.2. The van der Waals surface area contributed by atoms with Crippen LogP contribution in [0.25, 0.3) is 0 Å². The number of hydrogen-bond acceptors (Lipinski definition) is 6. The molecule has 29 heavy (non-hydrogen) atoms. The van der Waals surface area contributed by atoms with Crippen molar-refractivity contribution in [1.29, 1.82) is 0 Å². The minimum absolute atomic E-state index is 0.151. The monoisotopic (exact) mass is 438 g/mol. The van der Waals surface area contributed by atoms with E-state index in [9.17, 15) is 13.2 Å². The molecule has 160 valence electrons. The molecular weight excluding hydrogens is 408 g/mol. The number of sulfonamides is 1. The summed E-state index contributed by atoms with van der Waals surface area (Å²) in [5.41, 5.74) is 1.26. The van der Waals surface area contributed by atoms with Crippen LogP contribution in [-0.4, -0.2) is 51.2 Å². The van der Waals surface area contributed by atoms with Gasteiger partial charge in [0, 0.05) is 36.9 Å². The predicted molar refractivity (Wildman–Crippen MR) is 118 cm³/mol. The van der Waals surface area contributed by atoms with Crippen LogP contribution in [0.1, 0.15) is 37.1 Å². The number of nitrogens with one attached hydrogen (secondary N) is 1. The van der Waals surface area contributed by atoms with Crippen molar-refractivity contribution >= 4 is 27.3 Å². The lowest BCUT2D eigenvalue weighted by Gasteiger charge is -2.26. The zero-order chi connectivity index (χ0) is 21.3. The maximum Gasteiger partial charge on any atom is 0.234 e. The summed E-state index contributed by atoms with van der Waals surface area (Å²) in [6.07, 6.45) is 2.89. The molecule has 2 rings (SSSR count). The van der Waals surface area contributed by atoms with Crippen LogP contribution < -0.4 is 9.46 Å². The van der Waals surface area contributed by atoms with E-state index in [4.69, 9.17) is 4.74 Å². The van der Waals surface area contributed by atoms with Gasteiger partial charge in [0.1, 0.15) is 5.75 Å². The van der Waals surface area contributed by atoms with Gasteiger partial charge in [-0.2, -0.15) is 0 Å². The number of carbonyl (C=O) groups is 1.